The van der Waals surface area contributed by atoms with Crippen molar-refractivity contribution in [1.29, 1.82) is 0 Å². The van der Waals surface area contributed by atoms with E-state index in [1.54, 1.807) is 13.8 Å². The Morgan fingerprint density at radius 1 is 1.56 bits per heavy atom. The molecule has 0 aliphatic carbocycles. The van der Waals surface area contributed by atoms with Gasteiger partial charge in [-0.05, 0) is 34.1 Å². The predicted molar refractivity (Wildman–Crippen MR) is 66.5 cm³/mol. The summed E-state index contributed by atoms with van der Waals surface area (Å²) in [5, 5.41) is 9.88. The number of carbonyl (C=O) groups excluding carboxylic acids is 1. The normalized spacial score (nSPS) is 27.8. The highest BCUT2D eigenvalue weighted by atomic mass is 32.2. The molecular formula is C12H20O3S. The third-order valence-corrected chi connectivity index (χ3v) is 4.84. The van der Waals surface area contributed by atoms with Crippen molar-refractivity contribution >= 4 is 17.7 Å². The van der Waals surface area contributed by atoms with Crippen LogP contribution in [0.1, 0.15) is 34.1 Å². The van der Waals surface area contributed by atoms with Crippen LogP contribution in [-0.4, -0.2) is 34.3 Å². The number of ether oxygens (including phenoxy) is 1. The number of allylic oxidation sites excluding steroid dienone is 1. The van der Waals surface area contributed by atoms with E-state index >= 15 is 0 Å². The molecule has 0 radical (unpaired) electrons. The van der Waals surface area contributed by atoms with Crippen molar-refractivity contribution in [2.75, 3.05) is 12.4 Å². The molecule has 0 bridgehead atoms. The molecule has 1 heterocycles. The second-order valence-electron chi connectivity index (χ2n) is 4.31. The van der Waals surface area contributed by atoms with Crippen LogP contribution in [0.25, 0.3) is 0 Å². The molecule has 0 saturated heterocycles. The van der Waals surface area contributed by atoms with Crippen molar-refractivity contribution < 1.29 is 14.6 Å². The molecule has 3 nitrogen and oxygen atoms in total. The molecule has 92 valence electrons. The molecule has 2 atom stereocenters. The first kappa shape index (κ1) is 13.6. The first-order chi connectivity index (χ1) is 7.44. The minimum Gasteiger partial charge on any atom is -0.465 e. The number of thioether (sulfide) groups is 1. The van der Waals surface area contributed by atoms with E-state index in [0.29, 0.717) is 13.0 Å². The lowest BCUT2D eigenvalue weighted by molar-refractivity contribution is -0.149. The Balaban J connectivity index is 2.97. The molecule has 1 aliphatic rings. The van der Waals surface area contributed by atoms with E-state index in [2.05, 4.69) is 6.92 Å². The Morgan fingerprint density at radius 3 is 2.62 bits per heavy atom. The van der Waals surface area contributed by atoms with Crippen LogP contribution in [0.15, 0.2) is 11.1 Å². The molecule has 0 amide bonds. The van der Waals surface area contributed by atoms with Crippen LogP contribution >= 0.6 is 11.8 Å². The summed E-state index contributed by atoms with van der Waals surface area (Å²) in [7, 11) is 0. The average Bonchev–Trinajstić information content (AvgIpc) is 2.22. The van der Waals surface area contributed by atoms with Crippen molar-refractivity contribution in [3.8, 4) is 0 Å². The average molecular weight is 244 g/mol. The van der Waals surface area contributed by atoms with E-state index in [0.717, 1.165) is 5.75 Å². The Morgan fingerprint density at radius 2 is 2.19 bits per heavy atom. The Kier molecular flexibility index (Phi) is 4.44. The van der Waals surface area contributed by atoms with Crippen molar-refractivity contribution in [2.24, 2.45) is 0 Å². The molecule has 1 N–H and O–H groups in total. The highest BCUT2D eigenvalue weighted by molar-refractivity contribution is 8.01. The van der Waals surface area contributed by atoms with Crippen LogP contribution in [0.3, 0.4) is 0 Å². The number of hydrogen-bond donors (Lipinski definition) is 1. The van der Waals surface area contributed by atoms with E-state index in [9.17, 15) is 9.90 Å². The monoisotopic (exact) mass is 244 g/mol. The van der Waals surface area contributed by atoms with Crippen LogP contribution in [0.2, 0.25) is 0 Å². The van der Waals surface area contributed by atoms with Gasteiger partial charge in [0, 0.05) is 5.75 Å². The van der Waals surface area contributed by atoms with Gasteiger partial charge in [0.15, 0.2) is 0 Å². The first-order valence-corrected chi connectivity index (χ1v) is 6.57. The molecule has 1 aliphatic heterocycles. The molecule has 0 unspecified atom stereocenters. The van der Waals surface area contributed by atoms with Gasteiger partial charge in [-0.25, -0.2) is 0 Å². The standard InChI is InChI=1S/C12H20O3S/c1-5-15-11(14)12(10(4)13)6-8(2)9(3)7-16-12/h10,13H,5-7H2,1-4H3/t10-,12+/m1/s1. The summed E-state index contributed by atoms with van der Waals surface area (Å²) in [6, 6.07) is 0. The highest BCUT2D eigenvalue weighted by Gasteiger charge is 2.47. The van der Waals surface area contributed by atoms with E-state index in [1.807, 2.05) is 6.92 Å². The number of hydrogen-bond acceptors (Lipinski definition) is 4. The zero-order valence-corrected chi connectivity index (χ0v) is 11.2. The second kappa shape index (κ2) is 5.23. The van der Waals surface area contributed by atoms with Crippen molar-refractivity contribution in [3.63, 3.8) is 0 Å². The van der Waals surface area contributed by atoms with Gasteiger partial charge >= 0.3 is 5.97 Å². The Hall–Kier alpha value is -0.480. The minimum absolute atomic E-state index is 0.290. The Bertz CT molecular complexity index is 309. The fourth-order valence-corrected chi connectivity index (χ4v) is 3.24. The summed E-state index contributed by atoms with van der Waals surface area (Å²) in [5.74, 6) is 0.497. The topological polar surface area (TPSA) is 46.5 Å². The molecule has 0 saturated carbocycles. The summed E-state index contributed by atoms with van der Waals surface area (Å²) in [6.07, 6.45) is -0.111. The SMILES string of the molecule is CCOC(=O)[C@@]1([C@@H](C)O)CC(C)=C(C)CS1. The maximum absolute atomic E-state index is 12.0. The van der Waals surface area contributed by atoms with Gasteiger partial charge in [0.1, 0.15) is 4.75 Å². The fourth-order valence-electron chi connectivity index (χ4n) is 1.78. The van der Waals surface area contributed by atoms with Crippen molar-refractivity contribution in [1.82, 2.24) is 0 Å². The first-order valence-electron chi connectivity index (χ1n) is 5.58. The summed E-state index contributed by atoms with van der Waals surface area (Å²) in [4.78, 5) is 12.0. The summed E-state index contributed by atoms with van der Waals surface area (Å²) < 4.78 is 4.28. The van der Waals surface area contributed by atoms with Crippen LogP contribution < -0.4 is 0 Å². The third-order valence-electron chi connectivity index (χ3n) is 3.10. The lowest BCUT2D eigenvalue weighted by atomic mass is 9.91. The van der Waals surface area contributed by atoms with Gasteiger partial charge in [-0.2, -0.15) is 0 Å². The van der Waals surface area contributed by atoms with E-state index in [1.165, 1.54) is 22.9 Å². The lowest BCUT2D eigenvalue weighted by Gasteiger charge is -2.37. The van der Waals surface area contributed by atoms with E-state index in [-0.39, 0.29) is 5.97 Å². The maximum Gasteiger partial charge on any atom is 0.325 e. The summed E-state index contributed by atoms with van der Waals surface area (Å²) in [5.41, 5.74) is 2.48. The van der Waals surface area contributed by atoms with Gasteiger partial charge in [0.2, 0.25) is 0 Å². The quantitative estimate of drug-likeness (QED) is 0.610. The number of carbonyl (C=O) groups is 1. The largest absolute Gasteiger partial charge is 0.465 e. The molecule has 4 heteroatoms. The van der Waals surface area contributed by atoms with Gasteiger partial charge < -0.3 is 9.84 Å². The number of rotatable bonds is 3. The third kappa shape index (κ3) is 2.43. The van der Waals surface area contributed by atoms with Gasteiger partial charge in [-0.3, -0.25) is 4.79 Å². The van der Waals surface area contributed by atoms with Crippen molar-refractivity contribution in [3.05, 3.63) is 11.1 Å². The maximum atomic E-state index is 12.0. The van der Waals surface area contributed by atoms with Gasteiger partial charge in [-0.1, -0.05) is 11.1 Å². The number of esters is 1. The smallest absolute Gasteiger partial charge is 0.325 e. The zero-order chi connectivity index (χ0) is 12.3. The molecule has 0 aromatic carbocycles. The molecule has 1 rings (SSSR count). The number of aliphatic hydroxyl groups is 1. The zero-order valence-electron chi connectivity index (χ0n) is 10.4. The van der Waals surface area contributed by atoms with E-state index < -0.39 is 10.9 Å². The molecule has 16 heavy (non-hydrogen) atoms. The van der Waals surface area contributed by atoms with Gasteiger partial charge in [0.25, 0.3) is 0 Å². The predicted octanol–water partition coefficient (Wildman–Crippen LogP) is 2.14. The van der Waals surface area contributed by atoms with Gasteiger partial charge in [0.05, 0.1) is 12.7 Å². The lowest BCUT2D eigenvalue weighted by Crippen LogP contribution is -2.48. The number of aliphatic hydroxyl groups excluding tert-OH is 1. The summed E-state index contributed by atoms with van der Waals surface area (Å²) in [6.45, 7) is 7.90. The second-order valence-corrected chi connectivity index (χ2v) is 5.62. The highest BCUT2D eigenvalue weighted by Crippen LogP contribution is 2.42. The minimum atomic E-state index is -0.806. The molecule has 0 spiro atoms. The van der Waals surface area contributed by atoms with Crippen LogP contribution in [0.5, 0.6) is 0 Å². The molecule has 0 aromatic rings. The van der Waals surface area contributed by atoms with Crippen LogP contribution in [-0.2, 0) is 9.53 Å². The molecular weight excluding hydrogens is 224 g/mol. The molecule has 0 aromatic heterocycles. The van der Waals surface area contributed by atoms with E-state index in [4.69, 9.17) is 4.74 Å². The summed E-state index contributed by atoms with van der Waals surface area (Å²) >= 11 is 1.50. The van der Waals surface area contributed by atoms with Crippen molar-refractivity contribution in [2.45, 2.75) is 45.0 Å². The Labute approximate surface area is 101 Å². The van der Waals surface area contributed by atoms with Gasteiger partial charge in [-0.15, -0.1) is 11.8 Å². The molecule has 0 fully saturated rings. The fraction of sp³-hybridized carbons (Fsp3) is 0.750. The van der Waals surface area contributed by atoms with Crippen LogP contribution in [0, 0.1) is 0 Å². The van der Waals surface area contributed by atoms with Crippen LogP contribution in [0.4, 0.5) is 0 Å².